The molecule has 0 aliphatic heterocycles. The number of hydrogen-bond acceptors (Lipinski definition) is 2. The molecular formula is C10H10ClN3. The summed E-state index contributed by atoms with van der Waals surface area (Å²) in [6.45, 7) is 0.785. The van der Waals surface area contributed by atoms with E-state index < -0.39 is 0 Å². The number of anilines is 1. The lowest BCUT2D eigenvalue weighted by Crippen LogP contribution is -1.98. The van der Waals surface area contributed by atoms with E-state index in [2.05, 4.69) is 15.3 Å². The van der Waals surface area contributed by atoms with E-state index in [0.717, 1.165) is 12.2 Å². The number of nitrogens with one attached hydrogen (secondary N) is 2. The van der Waals surface area contributed by atoms with E-state index in [1.807, 2.05) is 24.5 Å². The fourth-order valence-electron chi connectivity index (χ4n) is 1.15. The summed E-state index contributed by atoms with van der Waals surface area (Å²) in [7, 11) is 0. The fraction of sp³-hybridized carbons (Fsp3) is 0.100. The third kappa shape index (κ3) is 2.26. The Morgan fingerprint density at radius 1 is 1.36 bits per heavy atom. The van der Waals surface area contributed by atoms with Crippen molar-refractivity contribution in [1.82, 2.24) is 9.97 Å². The lowest BCUT2D eigenvalue weighted by molar-refractivity contribution is 1.14. The molecule has 3 nitrogen and oxygen atoms in total. The van der Waals surface area contributed by atoms with Gasteiger partial charge in [-0.15, -0.1) is 0 Å². The van der Waals surface area contributed by atoms with Crippen molar-refractivity contribution in [3.63, 3.8) is 0 Å². The zero-order valence-electron chi connectivity index (χ0n) is 7.50. The van der Waals surface area contributed by atoms with E-state index in [1.54, 1.807) is 12.3 Å². The van der Waals surface area contributed by atoms with Crippen LogP contribution in [-0.2, 0) is 6.54 Å². The fourth-order valence-corrected chi connectivity index (χ4v) is 1.26. The van der Waals surface area contributed by atoms with Gasteiger partial charge in [0.1, 0.15) is 5.15 Å². The highest BCUT2D eigenvalue weighted by Crippen LogP contribution is 2.10. The van der Waals surface area contributed by atoms with Crippen molar-refractivity contribution in [2.24, 2.45) is 0 Å². The van der Waals surface area contributed by atoms with Crippen molar-refractivity contribution in [3.8, 4) is 0 Å². The monoisotopic (exact) mass is 207 g/mol. The largest absolute Gasteiger partial charge is 0.380 e. The molecule has 0 saturated heterocycles. The number of nitrogens with zero attached hydrogens (tertiary/aromatic N) is 1. The van der Waals surface area contributed by atoms with Gasteiger partial charge < -0.3 is 10.3 Å². The molecule has 2 aromatic heterocycles. The van der Waals surface area contributed by atoms with Crippen molar-refractivity contribution in [2.45, 2.75) is 6.54 Å². The van der Waals surface area contributed by atoms with Gasteiger partial charge in [-0.3, -0.25) is 0 Å². The number of pyridine rings is 1. The van der Waals surface area contributed by atoms with E-state index in [0.29, 0.717) is 5.15 Å². The van der Waals surface area contributed by atoms with E-state index in [4.69, 9.17) is 11.6 Å². The Hall–Kier alpha value is -1.48. The van der Waals surface area contributed by atoms with Crippen LogP contribution in [0.3, 0.4) is 0 Å². The van der Waals surface area contributed by atoms with Crippen LogP contribution in [0.15, 0.2) is 36.8 Å². The molecule has 0 fully saturated rings. The van der Waals surface area contributed by atoms with Crippen LogP contribution in [-0.4, -0.2) is 9.97 Å². The number of rotatable bonds is 3. The summed E-state index contributed by atoms with van der Waals surface area (Å²) in [6.07, 6.45) is 5.57. The minimum Gasteiger partial charge on any atom is -0.380 e. The molecule has 0 saturated carbocycles. The van der Waals surface area contributed by atoms with Crippen LogP contribution in [0.2, 0.25) is 5.15 Å². The topological polar surface area (TPSA) is 40.7 Å². The molecule has 0 aliphatic rings. The minimum atomic E-state index is 0.511. The van der Waals surface area contributed by atoms with Crippen LogP contribution in [0.4, 0.5) is 5.69 Å². The Morgan fingerprint density at radius 2 is 2.29 bits per heavy atom. The lowest BCUT2D eigenvalue weighted by Gasteiger charge is -2.03. The second-order valence-electron chi connectivity index (χ2n) is 2.94. The molecule has 0 atom stereocenters. The maximum Gasteiger partial charge on any atom is 0.129 e. The number of H-pyrrole nitrogens is 1. The van der Waals surface area contributed by atoms with Crippen LogP contribution in [0.5, 0.6) is 0 Å². The maximum absolute atomic E-state index is 5.67. The predicted octanol–water partition coefficient (Wildman–Crippen LogP) is 2.68. The minimum absolute atomic E-state index is 0.511. The average molecular weight is 208 g/mol. The molecular weight excluding hydrogens is 198 g/mol. The first-order valence-corrected chi connectivity index (χ1v) is 4.69. The normalized spacial score (nSPS) is 10.1. The highest BCUT2D eigenvalue weighted by Gasteiger charge is 1.94. The van der Waals surface area contributed by atoms with Crippen LogP contribution >= 0.6 is 11.6 Å². The van der Waals surface area contributed by atoms with Gasteiger partial charge in [0.25, 0.3) is 0 Å². The molecule has 2 rings (SSSR count). The van der Waals surface area contributed by atoms with Crippen molar-refractivity contribution >= 4 is 17.3 Å². The molecule has 72 valence electrons. The zero-order chi connectivity index (χ0) is 9.80. The standard InChI is InChI=1S/C10H10ClN3/c11-10-2-1-9(7-14-10)13-6-8-3-4-12-5-8/h1-5,7,12-13H,6H2. The second-order valence-corrected chi connectivity index (χ2v) is 3.33. The first-order valence-electron chi connectivity index (χ1n) is 4.32. The summed E-state index contributed by atoms with van der Waals surface area (Å²) in [5, 5.41) is 3.74. The first-order chi connectivity index (χ1) is 6.84. The average Bonchev–Trinajstić information content (AvgIpc) is 2.70. The number of halogens is 1. The van der Waals surface area contributed by atoms with E-state index in [-0.39, 0.29) is 0 Å². The highest BCUT2D eigenvalue weighted by atomic mass is 35.5. The summed E-state index contributed by atoms with van der Waals surface area (Å²) in [5.74, 6) is 0. The number of aromatic nitrogens is 2. The van der Waals surface area contributed by atoms with Crippen LogP contribution in [0.1, 0.15) is 5.56 Å². The smallest absolute Gasteiger partial charge is 0.129 e. The molecule has 4 heteroatoms. The number of aromatic amines is 1. The first kappa shape index (κ1) is 9.09. The van der Waals surface area contributed by atoms with Gasteiger partial charge >= 0.3 is 0 Å². The summed E-state index contributed by atoms with van der Waals surface area (Å²) in [6, 6.07) is 5.69. The third-order valence-electron chi connectivity index (χ3n) is 1.89. The highest BCUT2D eigenvalue weighted by molar-refractivity contribution is 6.29. The molecule has 2 N–H and O–H groups in total. The second kappa shape index (κ2) is 4.15. The maximum atomic E-state index is 5.67. The van der Waals surface area contributed by atoms with Crippen LogP contribution in [0.25, 0.3) is 0 Å². The van der Waals surface area contributed by atoms with Crippen LogP contribution < -0.4 is 5.32 Å². The Bertz CT molecular complexity index is 380. The SMILES string of the molecule is Clc1ccc(NCc2cc[nH]c2)cn1. The molecule has 0 spiro atoms. The summed E-state index contributed by atoms with van der Waals surface area (Å²) in [5.41, 5.74) is 2.18. The third-order valence-corrected chi connectivity index (χ3v) is 2.11. The van der Waals surface area contributed by atoms with Crippen molar-refractivity contribution in [2.75, 3.05) is 5.32 Å². The van der Waals surface area contributed by atoms with Gasteiger partial charge in [-0.1, -0.05) is 11.6 Å². The lowest BCUT2D eigenvalue weighted by atomic mass is 10.3. The van der Waals surface area contributed by atoms with E-state index in [1.165, 1.54) is 5.56 Å². The summed E-state index contributed by atoms with van der Waals surface area (Å²) >= 11 is 5.67. The van der Waals surface area contributed by atoms with Gasteiger partial charge in [0, 0.05) is 18.9 Å². The molecule has 0 bridgehead atoms. The quantitative estimate of drug-likeness (QED) is 0.760. The van der Waals surface area contributed by atoms with Gasteiger partial charge in [0.05, 0.1) is 11.9 Å². The van der Waals surface area contributed by atoms with Crippen molar-refractivity contribution in [3.05, 3.63) is 47.5 Å². The van der Waals surface area contributed by atoms with Crippen molar-refractivity contribution < 1.29 is 0 Å². The van der Waals surface area contributed by atoms with E-state index >= 15 is 0 Å². The molecule has 14 heavy (non-hydrogen) atoms. The molecule has 0 amide bonds. The Labute approximate surface area is 87.1 Å². The molecule has 0 unspecified atom stereocenters. The predicted molar refractivity (Wildman–Crippen MR) is 57.4 cm³/mol. The van der Waals surface area contributed by atoms with Crippen molar-refractivity contribution in [1.29, 1.82) is 0 Å². The molecule has 0 aliphatic carbocycles. The zero-order valence-corrected chi connectivity index (χ0v) is 8.25. The van der Waals surface area contributed by atoms with Crippen LogP contribution in [0, 0.1) is 0 Å². The van der Waals surface area contributed by atoms with Gasteiger partial charge in [-0.2, -0.15) is 0 Å². The van der Waals surface area contributed by atoms with Gasteiger partial charge in [0.15, 0.2) is 0 Å². The molecule has 0 aromatic carbocycles. The van der Waals surface area contributed by atoms with E-state index in [9.17, 15) is 0 Å². The number of hydrogen-bond donors (Lipinski definition) is 2. The van der Waals surface area contributed by atoms with Gasteiger partial charge in [0.2, 0.25) is 0 Å². The Balaban J connectivity index is 1.95. The Kier molecular flexibility index (Phi) is 2.70. The van der Waals surface area contributed by atoms with Gasteiger partial charge in [-0.25, -0.2) is 4.98 Å². The molecule has 2 heterocycles. The molecule has 2 aromatic rings. The Morgan fingerprint density at radius 3 is 2.93 bits per heavy atom. The molecule has 0 radical (unpaired) electrons. The summed E-state index contributed by atoms with van der Waals surface area (Å²) in [4.78, 5) is 6.97. The van der Waals surface area contributed by atoms with Gasteiger partial charge in [-0.05, 0) is 23.8 Å². The summed E-state index contributed by atoms with van der Waals surface area (Å²) < 4.78 is 0.